The third-order valence-corrected chi connectivity index (χ3v) is 5.65. The largest absolute Gasteiger partial charge is 0.490 e. The van der Waals surface area contributed by atoms with Crippen LogP contribution in [0.15, 0.2) is 41.6 Å². The van der Waals surface area contributed by atoms with Gasteiger partial charge in [0, 0.05) is 24.4 Å². The van der Waals surface area contributed by atoms with E-state index in [1.807, 2.05) is 30.3 Å². The van der Waals surface area contributed by atoms with E-state index in [2.05, 4.69) is 16.6 Å². The second kappa shape index (κ2) is 8.47. The van der Waals surface area contributed by atoms with Gasteiger partial charge in [-0.3, -0.25) is 0 Å². The maximum atomic E-state index is 11.1. The van der Waals surface area contributed by atoms with E-state index < -0.39 is 0 Å². The molecule has 1 saturated heterocycles. The second-order valence-corrected chi connectivity index (χ2v) is 7.70. The predicted molar refractivity (Wildman–Crippen MR) is 108 cm³/mol. The molecule has 0 unspecified atom stereocenters. The van der Waals surface area contributed by atoms with Gasteiger partial charge in [-0.05, 0) is 41.3 Å². The Hall–Kier alpha value is -2.15. The lowest BCUT2D eigenvalue weighted by atomic mass is 9.93. The van der Waals surface area contributed by atoms with Gasteiger partial charge in [0.1, 0.15) is 12.4 Å². The summed E-state index contributed by atoms with van der Waals surface area (Å²) in [5.74, 6) is 0.868. The van der Waals surface area contributed by atoms with Crippen LogP contribution in [0.3, 0.4) is 0 Å². The van der Waals surface area contributed by atoms with Gasteiger partial charge in [0.2, 0.25) is 0 Å². The third kappa shape index (κ3) is 4.14. The maximum absolute atomic E-state index is 11.1. The van der Waals surface area contributed by atoms with Crippen molar-refractivity contribution in [3.05, 3.63) is 63.0 Å². The van der Waals surface area contributed by atoms with Crippen molar-refractivity contribution in [3.63, 3.8) is 0 Å². The first-order valence-corrected chi connectivity index (χ1v) is 9.90. The summed E-state index contributed by atoms with van der Waals surface area (Å²) in [5, 5.41) is 16.7. The molecule has 0 aromatic heterocycles. The van der Waals surface area contributed by atoms with Crippen molar-refractivity contribution in [1.82, 2.24) is 0 Å². The van der Waals surface area contributed by atoms with Crippen LogP contribution < -0.4 is 10.1 Å². The fourth-order valence-electron chi connectivity index (χ4n) is 3.86. The summed E-state index contributed by atoms with van der Waals surface area (Å²) in [6.45, 7) is 1.35. The highest BCUT2D eigenvalue weighted by Crippen LogP contribution is 2.35. The van der Waals surface area contributed by atoms with E-state index in [0.29, 0.717) is 30.9 Å². The minimum Gasteiger partial charge on any atom is -0.490 e. The Morgan fingerprint density at radius 3 is 2.93 bits per heavy atom. The van der Waals surface area contributed by atoms with E-state index in [-0.39, 0.29) is 24.9 Å². The number of nitrogens with one attached hydrogen (secondary N) is 1. The first-order valence-electron chi connectivity index (χ1n) is 9.53. The number of ether oxygens (including phenoxy) is 2. The number of hydrogen-bond acceptors (Lipinski definition) is 6. The number of nitroso groups, excluding NO2 is 1. The zero-order valence-corrected chi connectivity index (χ0v) is 16.2. The number of benzene rings is 2. The molecule has 0 spiro atoms. The van der Waals surface area contributed by atoms with Crippen molar-refractivity contribution in [2.75, 3.05) is 25.1 Å². The van der Waals surface area contributed by atoms with Crippen LogP contribution in [0, 0.1) is 4.91 Å². The van der Waals surface area contributed by atoms with Crippen molar-refractivity contribution >= 4 is 17.3 Å². The lowest BCUT2D eigenvalue weighted by Gasteiger charge is -2.32. The highest BCUT2D eigenvalue weighted by Gasteiger charge is 2.31. The molecule has 0 radical (unpaired) electrons. The first kappa shape index (κ1) is 19.2. The number of anilines is 1. The quantitative estimate of drug-likeness (QED) is 0.736. The van der Waals surface area contributed by atoms with Gasteiger partial charge < -0.3 is 19.9 Å². The van der Waals surface area contributed by atoms with Gasteiger partial charge in [0.25, 0.3) is 0 Å². The molecule has 2 aliphatic heterocycles. The molecule has 148 valence electrons. The minimum atomic E-state index is -0.368. The highest BCUT2D eigenvalue weighted by atomic mass is 35.5. The Kier molecular flexibility index (Phi) is 5.80. The van der Waals surface area contributed by atoms with Crippen LogP contribution in [0.5, 0.6) is 5.75 Å². The van der Waals surface area contributed by atoms with Gasteiger partial charge in [-0.1, -0.05) is 35.0 Å². The normalized spacial score (nSPS) is 24.0. The maximum Gasteiger partial charge on any atom is 0.142 e. The number of nitrogens with zero attached hydrogens (tertiary/aromatic N) is 1. The minimum absolute atomic E-state index is 0.118. The molecule has 0 aliphatic carbocycles. The zero-order valence-electron chi connectivity index (χ0n) is 15.4. The molecule has 2 N–H and O–H groups in total. The zero-order chi connectivity index (χ0) is 19.5. The predicted octanol–water partition coefficient (Wildman–Crippen LogP) is 4.08. The summed E-state index contributed by atoms with van der Waals surface area (Å²) in [5.41, 5.74) is 4.06. The molecule has 2 aromatic rings. The Bertz CT molecular complexity index is 860. The van der Waals surface area contributed by atoms with Crippen LogP contribution in [0.1, 0.15) is 35.6 Å². The van der Waals surface area contributed by atoms with Crippen molar-refractivity contribution in [3.8, 4) is 5.75 Å². The monoisotopic (exact) mass is 402 g/mol. The van der Waals surface area contributed by atoms with Crippen LogP contribution in [0.2, 0.25) is 5.02 Å². The number of aliphatic hydroxyl groups excluding tert-OH is 1. The van der Waals surface area contributed by atoms with Crippen molar-refractivity contribution in [2.45, 2.75) is 37.5 Å². The third-order valence-electron chi connectivity index (χ3n) is 5.29. The molecule has 0 saturated carbocycles. The molecular formula is C21H23ClN2O4. The van der Waals surface area contributed by atoms with Crippen LogP contribution in [0.25, 0.3) is 0 Å². The first-order chi connectivity index (χ1) is 13.7. The van der Waals surface area contributed by atoms with Gasteiger partial charge in [-0.25, -0.2) is 0 Å². The standard InChI is InChI=1S/C21H23ClN2O4/c22-18-3-2-14(21-11-16(24-26)10-17(12-25)28-21)9-15(18)7-13-1-4-20-19(8-13)23-5-6-27-20/h1-4,8-9,16-17,21,23,25H,5-7,10-12H2/t16-,17-,21+/m0/s1. The van der Waals surface area contributed by atoms with Gasteiger partial charge in [0.05, 0.1) is 30.5 Å². The van der Waals surface area contributed by atoms with Crippen LogP contribution >= 0.6 is 11.6 Å². The van der Waals surface area contributed by atoms with Crippen LogP contribution in [0.4, 0.5) is 5.69 Å². The van der Waals surface area contributed by atoms with E-state index in [1.165, 1.54) is 0 Å². The van der Waals surface area contributed by atoms with E-state index in [9.17, 15) is 10.0 Å². The summed E-state index contributed by atoms with van der Waals surface area (Å²) in [6, 6.07) is 11.6. The van der Waals surface area contributed by atoms with Gasteiger partial charge in [-0.15, -0.1) is 0 Å². The smallest absolute Gasteiger partial charge is 0.142 e. The number of halogens is 1. The Balaban J connectivity index is 1.56. The van der Waals surface area contributed by atoms with Gasteiger partial charge >= 0.3 is 0 Å². The van der Waals surface area contributed by atoms with Crippen molar-refractivity contribution in [1.29, 1.82) is 0 Å². The van der Waals surface area contributed by atoms with Crippen LogP contribution in [-0.4, -0.2) is 37.0 Å². The molecule has 7 heteroatoms. The fraction of sp³-hybridized carbons (Fsp3) is 0.429. The molecule has 4 rings (SSSR count). The number of hydrogen-bond donors (Lipinski definition) is 2. The summed E-state index contributed by atoms with van der Waals surface area (Å²) in [6.07, 6.45) is 1.01. The number of rotatable bonds is 5. The molecule has 2 heterocycles. The van der Waals surface area contributed by atoms with Crippen molar-refractivity contribution in [2.24, 2.45) is 5.18 Å². The van der Waals surface area contributed by atoms with Gasteiger partial charge in [0.15, 0.2) is 0 Å². The summed E-state index contributed by atoms with van der Waals surface area (Å²) >= 11 is 6.45. The Labute approximate surface area is 168 Å². The summed E-state index contributed by atoms with van der Waals surface area (Å²) in [4.78, 5) is 11.1. The molecule has 0 bridgehead atoms. The topological polar surface area (TPSA) is 80.2 Å². The molecule has 28 heavy (non-hydrogen) atoms. The van der Waals surface area contributed by atoms with E-state index in [4.69, 9.17) is 21.1 Å². The van der Waals surface area contributed by atoms with Crippen molar-refractivity contribution < 1.29 is 14.6 Å². The average Bonchev–Trinajstić information content (AvgIpc) is 2.74. The molecule has 0 amide bonds. The average molecular weight is 403 g/mol. The Morgan fingerprint density at radius 1 is 1.21 bits per heavy atom. The van der Waals surface area contributed by atoms with Crippen LogP contribution in [-0.2, 0) is 11.2 Å². The molecular weight excluding hydrogens is 380 g/mol. The second-order valence-electron chi connectivity index (χ2n) is 7.29. The molecule has 2 aliphatic rings. The lowest BCUT2D eigenvalue weighted by Crippen LogP contribution is -2.32. The van der Waals surface area contributed by atoms with E-state index in [0.717, 1.165) is 34.7 Å². The summed E-state index contributed by atoms with van der Waals surface area (Å²) in [7, 11) is 0. The van der Waals surface area contributed by atoms with Gasteiger partial charge in [-0.2, -0.15) is 4.91 Å². The highest BCUT2D eigenvalue weighted by molar-refractivity contribution is 6.31. The molecule has 3 atom stereocenters. The lowest BCUT2D eigenvalue weighted by molar-refractivity contribution is -0.0796. The number of aliphatic hydroxyl groups is 1. The Morgan fingerprint density at radius 2 is 2.11 bits per heavy atom. The van der Waals surface area contributed by atoms with E-state index in [1.54, 1.807) is 0 Å². The fourth-order valence-corrected chi connectivity index (χ4v) is 4.04. The molecule has 2 aromatic carbocycles. The van der Waals surface area contributed by atoms with E-state index >= 15 is 0 Å². The SMILES string of the molecule is O=N[C@H]1C[C@@H](CO)O[C@@H](c2ccc(Cl)c(Cc3ccc4c(c3)NCCO4)c2)C1. The number of fused-ring (bicyclic) bond motifs is 1. The molecule has 6 nitrogen and oxygen atoms in total. The molecule has 1 fully saturated rings. The summed E-state index contributed by atoms with van der Waals surface area (Å²) < 4.78 is 11.6.